The van der Waals surface area contributed by atoms with Crippen molar-refractivity contribution < 1.29 is 0 Å². The van der Waals surface area contributed by atoms with Crippen molar-refractivity contribution in [1.82, 2.24) is 0 Å². The fraction of sp³-hybridized carbons (Fsp3) is 0.250. The zero-order valence-electron chi connectivity index (χ0n) is 9.98. The summed E-state index contributed by atoms with van der Waals surface area (Å²) >= 11 is 0. The first-order valence-corrected chi connectivity index (χ1v) is 5.83. The monoisotopic (exact) mass is 210 g/mol. The number of hydrogen-bond donors (Lipinski definition) is 0. The molecule has 0 bridgehead atoms. The van der Waals surface area contributed by atoms with Gasteiger partial charge in [-0.25, -0.2) is 0 Å². The van der Waals surface area contributed by atoms with Gasteiger partial charge < -0.3 is 0 Å². The minimum atomic E-state index is 0.524. The Balaban J connectivity index is 2.06. The van der Waals surface area contributed by atoms with Crippen LogP contribution in [-0.4, -0.2) is 0 Å². The lowest BCUT2D eigenvalue weighted by molar-refractivity contribution is 0.805. The number of benzene rings is 1. The fourth-order valence-corrected chi connectivity index (χ4v) is 1.88. The van der Waals surface area contributed by atoms with Crippen molar-refractivity contribution in [2.75, 3.05) is 0 Å². The van der Waals surface area contributed by atoms with Crippen molar-refractivity contribution in [3.05, 3.63) is 71.3 Å². The minimum absolute atomic E-state index is 0.524. The molecule has 16 heavy (non-hydrogen) atoms. The standard InChI is InChI=1S/C16H18/c1-13-4-3-5-15(9-6-13)12-16-10-7-14(2)8-11-16/h3-11,15H,12H2,1-2H3. The molecule has 1 atom stereocenters. The maximum absolute atomic E-state index is 2.29. The first-order chi connectivity index (χ1) is 7.74. The largest absolute Gasteiger partial charge is 0.0773 e. The smallest absolute Gasteiger partial charge is 0.000673 e. The van der Waals surface area contributed by atoms with E-state index in [1.165, 1.54) is 16.7 Å². The van der Waals surface area contributed by atoms with Gasteiger partial charge in [0.15, 0.2) is 0 Å². The van der Waals surface area contributed by atoms with Gasteiger partial charge in [-0.15, -0.1) is 0 Å². The number of rotatable bonds is 2. The van der Waals surface area contributed by atoms with E-state index >= 15 is 0 Å². The Morgan fingerprint density at radius 3 is 2.50 bits per heavy atom. The molecule has 1 aliphatic rings. The molecule has 0 aromatic heterocycles. The Morgan fingerprint density at radius 1 is 1.00 bits per heavy atom. The first kappa shape index (κ1) is 10.9. The fourth-order valence-electron chi connectivity index (χ4n) is 1.88. The second-order valence-corrected chi connectivity index (χ2v) is 4.51. The Bertz CT molecular complexity index is 430. The van der Waals surface area contributed by atoms with Gasteiger partial charge in [0.05, 0.1) is 0 Å². The van der Waals surface area contributed by atoms with E-state index < -0.39 is 0 Å². The summed E-state index contributed by atoms with van der Waals surface area (Å²) in [6, 6.07) is 8.82. The van der Waals surface area contributed by atoms with Crippen molar-refractivity contribution in [2.24, 2.45) is 5.92 Å². The highest BCUT2D eigenvalue weighted by Gasteiger charge is 2.03. The second-order valence-electron chi connectivity index (χ2n) is 4.51. The molecule has 0 amide bonds. The molecule has 1 aromatic carbocycles. The average Bonchev–Trinajstić information content (AvgIpc) is 2.47. The van der Waals surface area contributed by atoms with Gasteiger partial charge in [0.25, 0.3) is 0 Å². The molecule has 0 radical (unpaired) electrons. The lowest BCUT2D eigenvalue weighted by atomic mass is 9.98. The van der Waals surface area contributed by atoms with E-state index in [2.05, 4.69) is 68.5 Å². The molecule has 0 saturated carbocycles. The molecule has 0 heteroatoms. The van der Waals surface area contributed by atoms with Gasteiger partial charge in [0, 0.05) is 0 Å². The molecule has 0 aliphatic heterocycles. The molecular weight excluding hydrogens is 192 g/mol. The van der Waals surface area contributed by atoms with Gasteiger partial charge in [0.2, 0.25) is 0 Å². The molecule has 0 fully saturated rings. The van der Waals surface area contributed by atoms with Gasteiger partial charge in [-0.2, -0.15) is 0 Å². The highest BCUT2D eigenvalue weighted by molar-refractivity contribution is 5.29. The number of allylic oxidation sites excluding steroid dienone is 6. The summed E-state index contributed by atoms with van der Waals surface area (Å²) in [6.45, 7) is 4.26. The van der Waals surface area contributed by atoms with E-state index in [0.29, 0.717) is 5.92 Å². The van der Waals surface area contributed by atoms with Crippen molar-refractivity contribution >= 4 is 0 Å². The quantitative estimate of drug-likeness (QED) is 0.685. The summed E-state index contributed by atoms with van der Waals surface area (Å²) in [5, 5.41) is 0. The van der Waals surface area contributed by atoms with E-state index in [-0.39, 0.29) is 0 Å². The van der Waals surface area contributed by atoms with Crippen LogP contribution in [0, 0.1) is 12.8 Å². The zero-order chi connectivity index (χ0) is 11.4. The van der Waals surface area contributed by atoms with Crippen molar-refractivity contribution in [3.8, 4) is 0 Å². The molecule has 1 unspecified atom stereocenters. The highest BCUT2D eigenvalue weighted by Crippen LogP contribution is 2.16. The SMILES string of the molecule is CC1=CC=CC(Cc2ccc(C)cc2)C=C1. The molecule has 1 aliphatic carbocycles. The highest BCUT2D eigenvalue weighted by atomic mass is 14.1. The van der Waals surface area contributed by atoms with Gasteiger partial charge in [-0.05, 0) is 31.7 Å². The summed E-state index contributed by atoms with van der Waals surface area (Å²) in [5.74, 6) is 0.524. The molecule has 2 rings (SSSR count). The van der Waals surface area contributed by atoms with Crippen LogP contribution in [0.2, 0.25) is 0 Å². The second kappa shape index (κ2) is 4.98. The van der Waals surface area contributed by atoms with Crippen molar-refractivity contribution in [1.29, 1.82) is 0 Å². The van der Waals surface area contributed by atoms with Crippen LogP contribution in [0.3, 0.4) is 0 Å². The number of hydrogen-bond acceptors (Lipinski definition) is 0. The molecule has 0 saturated heterocycles. The molecule has 0 nitrogen and oxygen atoms in total. The van der Waals surface area contributed by atoms with E-state index in [1.54, 1.807) is 0 Å². The van der Waals surface area contributed by atoms with Gasteiger partial charge in [-0.3, -0.25) is 0 Å². The third kappa shape index (κ3) is 2.96. The van der Waals surface area contributed by atoms with Crippen LogP contribution < -0.4 is 0 Å². The molecule has 0 spiro atoms. The molecule has 0 N–H and O–H groups in total. The molecule has 0 heterocycles. The van der Waals surface area contributed by atoms with E-state index in [1.807, 2.05) is 0 Å². The van der Waals surface area contributed by atoms with Gasteiger partial charge >= 0.3 is 0 Å². The zero-order valence-corrected chi connectivity index (χ0v) is 9.98. The molecule has 82 valence electrons. The maximum atomic E-state index is 2.29. The maximum Gasteiger partial charge on any atom is -0.000673 e. The average molecular weight is 210 g/mol. The lowest BCUT2D eigenvalue weighted by Crippen LogP contribution is -1.97. The van der Waals surface area contributed by atoms with Gasteiger partial charge in [-0.1, -0.05) is 65.8 Å². The van der Waals surface area contributed by atoms with Crippen LogP contribution in [0.25, 0.3) is 0 Å². The van der Waals surface area contributed by atoms with Gasteiger partial charge in [0.1, 0.15) is 0 Å². The van der Waals surface area contributed by atoms with E-state index in [4.69, 9.17) is 0 Å². The Kier molecular flexibility index (Phi) is 3.40. The lowest BCUT2D eigenvalue weighted by Gasteiger charge is -2.07. The molecule has 1 aromatic rings. The van der Waals surface area contributed by atoms with Crippen LogP contribution in [0.4, 0.5) is 0 Å². The van der Waals surface area contributed by atoms with E-state index in [0.717, 1.165) is 6.42 Å². The summed E-state index contributed by atoms with van der Waals surface area (Å²) in [5.41, 5.74) is 4.06. The van der Waals surface area contributed by atoms with E-state index in [9.17, 15) is 0 Å². The van der Waals surface area contributed by atoms with Crippen LogP contribution in [0.1, 0.15) is 18.1 Å². The Labute approximate surface area is 98.0 Å². The first-order valence-electron chi connectivity index (χ1n) is 5.83. The third-order valence-corrected chi connectivity index (χ3v) is 2.92. The normalized spacial score (nSPS) is 19.4. The summed E-state index contributed by atoms with van der Waals surface area (Å²) in [4.78, 5) is 0. The summed E-state index contributed by atoms with van der Waals surface area (Å²) < 4.78 is 0. The summed E-state index contributed by atoms with van der Waals surface area (Å²) in [7, 11) is 0. The van der Waals surface area contributed by atoms with Crippen molar-refractivity contribution in [2.45, 2.75) is 20.3 Å². The molecular formula is C16H18. The van der Waals surface area contributed by atoms with Crippen LogP contribution in [0.5, 0.6) is 0 Å². The number of aryl methyl sites for hydroxylation is 1. The third-order valence-electron chi connectivity index (χ3n) is 2.92. The topological polar surface area (TPSA) is 0 Å². The van der Waals surface area contributed by atoms with Crippen LogP contribution >= 0.6 is 0 Å². The Morgan fingerprint density at radius 2 is 1.75 bits per heavy atom. The Hall–Kier alpha value is -1.56. The predicted octanol–water partition coefficient (Wildman–Crippen LogP) is 4.23. The predicted molar refractivity (Wildman–Crippen MR) is 70.4 cm³/mol. The van der Waals surface area contributed by atoms with Crippen LogP contribution in [-0.2, 0) is 6.42 Å². The van der Waals surface area contributed by atoms with Crippen LogP contribution in [0.15, 0.2) is 60.2 Å². The van der Waals surface area contributed by atoms with Crippen molar-refractivity contribution in [3.63, 3.8) is 0 Å². The minimum Gasteiger partial charge on any atom is -0.0773 e. The summed E-state index contributed by atoms with van der Waals surface area (Å²) in [6.07, 6.45) is 12.2.